The van der Waals surface area contributed by atoms with E-state index in [2.05, 4.69) is 38.2 Å². The molecule has 1 N–H and O–H groups in total. The van der Waals surface area contributed by atoms with Gasteiger partial charge >= 0.3 is 0 Å². The molecule has 2 aromatic carbocycles. The number of nitrogens with one attached hydrogen (secondary N) is 1. The van der Waals surface area contributed by atoms with Gasteiger partial charge in [-0.3, -0.25) is 0 Å². The summed E-state index contributed by atoms with van der Waals surface area (Å²) in [5, 5.41) is 3.52. The fraction of sp³-hybridized carbons (Fsp3) is 0.368. The van der Waals surface area contributed by atoms with Crippen LogP contribution in [0.2, 0.25) is 0 Å². The van der Waals surface area contributed by atoms with Gasteiger partial charge in [0.15, 0.2) is 0 Å². The van der Waals surface area contributed by atoms with Gasteiger partial charge in [-0.15, -0.1) is 0 Å². The summed E-state index contributed by atoms with van der Waals surface area (Å²) in [6.45, 7) is 8.73. The summed E-state index contributed by atoms with van der Waals surface area (Å²) in [6, 6.07) is 18.1. The number of ether oxygens (including phenoxy) is 1. The first-order valence-corrected chi connectivity index (χ1v) is 7.67. The number of para-hydroxylation sites is 1. The highest BCUT2D eigenvalue weighted by Crippen LogP contribution is 2.21. The standard InChI is InChI=1S/C19H25NO/c1-15(2)16(3)13-20-14-17-8-7-11-19(12-17)21-18-9-5-4-6-10-18/h4-12,15-16,20H,13-14H2,1-3H3. The highest BCUT2D eigenvalue weighted by Gasteiger charge is 2.06. The molecule has 1 unspecified atom stereocenters. The quantitative estimate of drug-likeness (QED) is 0.783. The zero-order chi connectivity index (χ0) is 15.1. The molecule has 0 aliphatic carbocycles. The molecule has 0 amide bonds. The fourth-order valence-electron chi connectivity index (χ4n) is 2.02. The minimum Gasteiger partial charge on any atom is -0.457 e. The number of rotatable bonds is 7. The van der Waals surface area contributed by atoms with Crippen LogP contribution in [-0.4, -0.2) is 6.54 Å². The van der Waals surface area contributed by atoms with E-state index in [0.29, 0.717) is 11.8 Å². The summed E-state index contributed by atoms with van der Waals surface area (Å²) in [4.78, 5) is 0. The molecule has 0 bridgehead atoms. The summed E-state index contributed by atoms with van der Waals surface area (Å²) in [6.07, 6.45) is 0. The maximum absolute atomic E-state index is 5.86. The summed E-state index contributed by atoms with van der Waals surface area (Å²) in [7, 11) is 0. The van der Waals surface area contributed by atoms with E-state index in [1.807, 2.05) is 42.5 Å². The normalized spacial score (nSPS) is 12.4. The molecule has 0 heterocycles. The molecule has 0 fully saturated rings. The van der Waals surface area contributed by atoms with Crippen molar-refractivity contribution in [1.29, 1.82) is 0 Å². The Morgan fingerprint density at radius 2 is 1.62 bits per heavy atom. The van der Waals surface area contributed by atoms with Gasteiger partial charge in [0.25, 0.3) is 0 Å². The lowest BCUT2D eigenvalue weighted by molar-refractivity contribution is 0.392. The monoisotopic (exact) mass is 283 g/mol. The topological polar surface area (TPSA) is 21.3 Å². The van der Waals surface area contributed by atoms with Crippen molar-refractivity contribution in [2.75, 3.05) is 6.54 Å². The van der Waals surface area contributed by atoms with E-state index in [1.54, 1.807) is 0 Å². The molecule has 0 aliphatic rings. The van der Waals surface area contributed by atoms with E-state index in [4.69, 9.17) is 4.74 Å². The first-order valence-electron chi connectivity index (χ1n) is 7.67. The van der Waals surface area contributed by atoms with Crippen molar-refractivity contribution in [2.24, 2.45) is 11.8 Å². The third-order valence-electron chi connectivity index (χ3n) is 3.81. The summed E-state index contributed by atoms with van der Waals surface area (Å²) in [5.41, 5.74) is 1.25. The van der Waals surface area contributed by atoms with Crippen molar-refractivity contribution in [3.8, 4) is 11.5 Å². The molecule has 0 aromatic heterocycles. The van der Waals surface area contributed by atoms with E-state index in [-0.39, 0.29) is 0 Å². The van der Waals surface area contributed by atoms with Gasteiger partial charge in [-0.2, -0.15) is 0 Å². The van der Waals surface area contributed by atoms with Crippen LogP contribution >= 0.6 is 0 Å². The largest absolute Gasteiger partial charge is 0.457 e. The van der Waals surface area contributed by atoms with Crippen LogP contribution < -0.4 is 10.1 Å². The van der Waals surface area contributed by atoms with Crippen LogP contribution in [0.1, 0.15) is 26.3 Å². The van der Waals surface area contributed by atoms with Gasteiger partial charge in [0.1, 0.15) is 11.5 Å². The third-order valence-corrected chi connectivity index (χ3v) is 3.81. The highest BCUT2D eigenvalue weighted by atomic mass is 16.5. The first-order chi connectivity index (χ1) is 10.1. The van der Waals surface area contributed by atoms with E-state index in [9.17, 15) is 0 Å². The number of hydrogen-bond acceptors (Lipinski definition) is 2. The first kappa shape index (κ1) is 15.6. The van der Waals surface area contributed by atoms with Gasteiger partial charge in [-0.25, -0.2) is 0 Å². The molecule has 0 saturated heterocycles. The van der Waals surface area contributed by atoms with Crippen molar-refractivity contribution in [2.45, 2.75) is 27.3 Å². The Morgan fingerprint density at radius 1 is 0.905 bits per heavy atom. The van der Waals surface area contributed by atoms with Crippen LogP contribution in [0, 0.1) is 11.8 Å². The van der Waals surface area contributed by atoms with Crippen molar-refractivity contribution >= 4 is 0 Å². The van der Waals surface area contributed by atoms with Crippen LogP contribution in [0.25, 0.3) is 0 Å². The van der Waals surface area contributed by atoms with Crippen LogP contribution in [0.15, 0.2) is 54.6 Å². The lowest BCUT2D eigenvalue weighted by atomic mass is 9.98. The lowest BCUT2D eigenvalue weighted by Gasteiger charge is -2.16. The minimum absolute atomic E-state index is 0.689. The third kappa shape index (κ3) is 5.24. The van der Waals surface area contributed by atoms with E-state index >= 15 is 0 Å². The van der Waals surface area contributed by atoms with Crippen molar-refractivity contribution in [3.05, 3.63) is 60.2 Å². The predicted octanol–water partition coefficient (Wildman–Crippen LogP) is 4.86. The second-order valence-electron chi connectivity index (χ2n) is 5.91. The van der Waals surface area contributed by atoms with Crippen LogP contribution in [-0.2, 0) is 6.54 Å². The molecular weight excluding hydrogens is 258 g/mol. The maximum atomic E-state index is 5.86. The second-order valence-corrected chi connectivity index (χ2v) is 5.91. The van der Waals surface area contributed by atoms with Crippen LogP contribution in [0.3, 0.4) is 0 Å². The number of benzene rings is 2. The maximum Gasteiger partial charge on any atom is 0.127 e. The van der Waals surface area contributed by atoms with E-state index in [1.165, 1.54) is 5.56 Å². The zero-order valence-electron chi connectivity index (χ0n) is 13.2. The fourth-order valence-corrected chi connectivity index (χ4v) is 2.02. The second kappa shape index (κ2) is 7.84. The van der Waals surface area contributed by atoms with E-state index < -0.39 is 0 Å². The SMILES string of the molecule is CC(C)C(C)CNCc1cccc(Oc2ccccc2)c1. The molecule has 1 atom stereocenters. The minimum atomic E-state index is 0.689. The van der Waals surface area contributed by atoms with Crippen molar-refractivity contribution < 1.29 is 4.74 Å². The Hall–Kier alpha value is -1.80. The average Bonchev–Trinajstić information content (AvgIpc) is 2.48. The van der Waals surface area contributed by atoms with Crippen LogP contribution in [0.4, 0.5) is 0 Å². The molecule has 2 aromatic rings. The summed E-state index contributed by atoms with van der Waals surface area (Å²) >= 11 is 0. The predicted molar refractivity (Wildman–Crippen MR) is 88.7 cm³/mol. The summed E-state index contributed by atoms with van der Waals surface area (Å²) < 4.78 is 5.86. The lowest BCUT2D eigenvalue weighted by Crippen LogP contribution is -2.23. The molecule has 0 spiro atoms. The summed E-state index contributed by atoms with van der Waals surface area (Å²) in [5.74, 6) is 3.16. The Kier molecular flexibility index (Phi) is 5.82. The smallest absolute Gasteiger partial charge is 0.127 e. The number of hydrogen-bond donors (Lipinski definition) is 1. The van der Waals surface area contributed by atoms with Crippen molar-refractivity contribution in [3.63, 3.8) is 0 Å². The average molecular weight is 283 g/mol. The molecule has 2 heteroatoms. The molecule has 2 rings (SSSR count). The molecule has 112 valence electrons. The van der Waals surface area contributed by atoms with Crippen LogP contribution in [0.5, 0.6) is 11.5 Å². The molecule has 2 nitrogen and oxygen atoms in total. The van der Waals surface area contributed by atoms with E-state index in [0.717, 1.165) is 24.6 Å². The molecule has 0 radical (unpaired) electrons. The zero-order valence-corrected chi connectivity index (χ0v) is 13.2. The van der Waals surface area contributed by atoms with Gasteiger partial charge in [-0.05, 0) is 48.2 Å². The van der Waals surface area contributed by atoms with Gasteiger partial charge in [0.2, 0.25) is 0 Å². The van der Waals surface area contributed by atoms with Gasteiger partial charge < -0.3 is 10.1 Å². The molecule has 0 saturated carbocycles. The highest BCUT2D eigenvalue weighted by molar-refractivity contribution is 5.33. The van der Waals surface area contributed by atoms with Gasteiger partial charge in [0.05, 0.1) is 0 Å². The Labute approximate surface area is 128 Å². The van der Waals surface area contributed by atoms with Gasteiger partial charge in [0, 0.05) is 6.54 Å². The van der Waals surface area contributed by atoms with Gasteiger partial charge in [-0.1, -0.05) is 51.1 Å². The Bertz CT molecular complexity index is 536. The molecule has 21 heavy (non-hydrogen) atoms. The Morgan fingerprint density at radius 3 is 2.33 bits per heavy atom. The Balaban J connectivity index is 1.89. The van der Waals surface area contributed by atoms with Crippen molar-refractivity contribution in [1.82, 2.24) is 5.32 Å². The molecular formula is C19H25NO. The molecule has 0 aliphatic heterocycles.